The second-order valence-corrected chi connectivity index (χ2v) is 8.54. The molecule has 28 heavy (non-hydrogen) atoms. The molecule has 0 fully saturated rings. The largest absolute Gasteiger partial charge is 0.352 e. The first-order valence-corrected chi connectivity index (χ1v) is 11.0. The van der Waals surface area contributed by atoms with Gasteiger partial charge in [-0.15, -0.1) is 0 Å². The molecule has 1 N–H and O–H groups in total. The summed E-state index contributed by atoms with van der Waals surface area (Å²) in [5.74, 6) is -0.207. The van der Waals surface area contributed by atoms with Crippen LogP contribution in [0.4, 0.5) is 0 Å². The summed E-state index contributed by atoms with van der Waals surface area (Å²) < 4.78 is 26.3. The van der Waals surface area contributed by atoms with Crippen LogP contribution in [0.2, 0.25) is 5.02 Å². The molecule has 0 spiro atoms. The lowest BCUT2D eigenvalue weighted by Gasteiger charge is -2.18. The van der Waals surface area contributed by atoms with E-state index in [0.717, 1.165) is 11.1 Å². The first-order chi connectivity index (χ1) is 13.4. The zero-order valence-electron chi connectivity index (χ0n) is 16.1. The van der Waals surface area contributed by atoms with Crippen LogP contribution in [0.5, 0.6) is 0 Å². The van der Waals surface area contributed by atoms with Gasteiger partial charge < -0.3 is 5.32 Å². The molecule has 0 aliphatic rings. The molecule has 0 saturated carbocycles. The molecular formula is C21H25ClN2O3S. The average Bonchev–Trinajstić information content (AvgIpc) is 2.67. The predicted molar refractivity (Wildman–Crippen MR) is 114 cm³/mol. The summed E-state index contributed by atoms with van der Waals surface area (Å²) in [6.07, 6.45) is 3.78. The summed E-state index contributed by atoms with van der Waals surface area (Å²) in [5.41, 5.74) is 1.81. The van der Waals surface area contributed by atoms with E-state index in [2.05, 4.69) is 5.32 Å². The Balaban J connectivity index is 1.90. The summed E-state index contributed by atoms with van der Waals surface area (Å²) in [5, 5.41) is 3.49. The van der Waals surface area contributed by atoms with Gasteiger partial charge in [0.15, 0.2) is 0 Å². The molecular weight excluding hydrogens is 396 g/mol. The van der Waals surface area contributed by atoms with E-state index in [-0.39, 0.29) is 10.8 Å². The first-order valence-electron chi connectivity index (χ1n) is 9.17. The van der Waals surface area contributed by atoms with Gasteiger partial charge in [0.05, 0.1) is 4.90 Å². The fourth-order valence-corrected chi connectivity index (χ4v) is 4.39. The van der Waals surface area contributed by atoms with Crippen molar-refractivity contribution >= 4 is 33.6 Å². The van der Waals surface area contributed by atoms with Gasteiger partial charge in [-0.05, 0) is 47.9 Å². The maximum atomic E-state index is 12.5. The van der Waals surface area contributed by atoms with E-state index >= 15 is 0 Å². The second kappa shape index (κ2) is 10.4. The van der Waals surface area contributed by atoms with Crippen molar-refractivity contribution in [2.24, 2.45) is 0 Å². The summed E-state index contributed by atoms with van der Waals surface area (Å²) in [6.45, 7) is 4.97. The lowest BCUT2D eigenvalue weighted by atomic mass is 10.1. The fourth-order valence-electron chi connectivity index (χ4n) is 2.72. The molecule has 0 bridgehead atoms. The molecule has 5 nitrogen and oxygen atoms in total. The van der Waals surface area contributed by atoms with Crippen LogP contribution >= 0.6 is 11.6 Å². The zero-order chi connectivity index (χ0) is 20.6. The van der Waals surface area contributed by atoms with Crippen LogP contribution in [0.1, 0.15) is 25.0 Å². The first kappa shape index (κ1) is 22.1. The molecule has 0 radical (unpaired) electrons. The molecule has 0 heterocycles. The van der Waals surface area contributed by atoms with Crippen molar-refractivity contribution in [2.45, 2.75) is 25.2 Å². The average molecular weight is 421 g/mol. The van der Waals surface area contributed by atoms with Gasteiger partial charge in [0.1, 0.15) is 0 Å². The smallest absolute Gasteiger partial charge is 0.244 e. The SMILES string of the molecule is CCN(CC)S(=O)(=O)c1ccc(/C=C/C(=O)NCCc2cccc(Cl)c2)cc1. The zero-order valence-corrected chi connectivity index (χ0v) is 17.6. The number of carbonyl (C=O) groups is 1. The van der Waals surface area contributed by atoms with Crippen molar-refractivity contribution in [3.8, 4) is 0 Å². The Morgan fingerprint density at radius 3 is 2.39 bits per heavy atom. The van der Waals surface area contributed by atoms with Crippen LogP contribution in [-0.4, -0.2) is 38.3 Å². The van der Waals surface area contributed by atoms with E-state index in [4.69, 9.17) is 11.6 Å². The van der Waals surface area contributed by atoms with Crippen molar-refractivity contribution in [3.63, 3.8) is 0 Å². The van der Waals surface area contributed by atoms with Crippen molar-refractivity contribution < 1.29 is 13.2 Å². The fraction of sp³-hybridized carbons (Fsp3) is 0.286. The molecule has 0 unspecified atom stereocenters. The molecule has 7 heteroatoms. The third kappa shape index (κ3) is 6.19. The Morgan fingerprint density at radius 2 is 1.79 bits per heavy atom. The maximum absolute atomic E-state index is 12.5. The molecule has 150 valence electrons. The Hall–Kier alpha value is -2.15. The van der Waals surface area contributed by atoms with Crippen molar-refractivity contribution in [1.29, 1.82) is 0 Å². The molecule has 0 atom stereocenters. The maximum Gasteiger partial charge on any atom is 0.244 e. The van der Waals surface area contributed by atoms with Crippen molar-refractivity contribution in [3.05, 3.63) is 70.8 Å². The number of amides is 1. The van der Waals surface area contributed by atoms with E-state index in [0.29, 0.717) is 31.1 Å². The Bertz CT molecular complexity index is 921. The lowest BCUT2D eigenvalue weighted by Crippen LogP contribution is -2.30. The number of benzene rings is 2. The van der Waals surface area contributed by atoms with Crippen LogP contribution in [0, 0.1) is 0 Å². The van der Waals surface area contributed by atoms with Crippen LogP contribution in [0.25, 0.3) is 6.08 Å². The Morgan fingerprint density at radius 1 is 1.11 bits per heavy atom. The molecule has 0 aromatic heterocycles. The van der Waals surface area contributed by atoms with Gasteiger partial charge in [0, 0.05) is 30.7 Å². The number of hydrogen-bond donors (Lipinski definition) is 1. The third-order valence-corrected chi connectivity index (χ3v) is 6.55. The molecule has 1 amide bonds. The molecule has 2 rings (SSSR count). The number of rotatable bonds is 9. The molecule has 2 aromatic carbocycles. The standard InChI is InChI=1S/C21H25ClN2O3S/c1-3-24(4-2)28(26,27)20-11-8-17(9-12-20)10-13-21(25)23-15-14-18-6-5-7-19(22)16-18/h5-13,16H,3-4,14-15H2,1-2H3,(H,23,25)/b13-10+. The van der Waals surface area contributed by atoms with Gasteiger partial charge in [-0.1, -0.05) is 49.7 Å². The van der Waals surface area contributed by atoms with Gasteiger partial charge in [-0.25, -0.2) is 8.42 Å². The monoisotopic (exact) mass is 420 g/mol. The third-order valence-electron chi connectivity index (χ3n) is 4.25. The van der Waals surface area contributed by atoms with Gasteiger partial charge in [0.2, 0.25) is 15.9 Å². The van der Waals surface area contributed by atoms with E-state index in [1.165, 1.54) is 10.4 Å². The minimum Gasteiger partial charge on any atom is -0.352 e. The Kier molecular flexibility index (Phi) is 8.23. The van der Waals surface area contributed by atoms with Gasteiger partial charge in [-0.2, -0.15) is 4.31 Å². The topological polar surface area (TPSA) is 66.5 Å². The quantitative estimate of drug-likeness (QED) is 0.628. The molecule has 0 aliphatic heterocycles. The van der Waals surface area contributed by atoms with Gasteiger partial charge in [-0.3, -0.25) is 4.79 Å². The normalized spacial score (nSPS) is 11.9. The van der Waals surface area contributed by atoms with E-state index in [9.17, 15) is 13.2 Å². The van der Waals surface area contributed by atoms with Gasteiger partial charge >= 0.3 is 0 Å². The highest BCUT2D eigenvalue weighted by molar-refractivity contribution is 7.89. The second-order valence-electron chi connectivity index (χ2n) is 6.16. The van der Waals surface area contributed by atoms with Crippen molar-refractivity contribution in [1.82, 2.24) is 9.62 Å². The highest BCUT2D eigenvalue weighted by atomic mass is 35.5. The summed E-state index contributed by atoms with van der Waals surface area (Å²) in [7, 11) is -3.47. The van der Waals surface area contributed by atoms with Crippen LogP contribution in [-0.2, 0) is 21.2 Å². The molecule has 0 saturated heterocycles. The number of carbonyl (C=O) groups excluding carboxylic acids is 1. The predicted octanol–water partition coefficient (Wildman–Crippen LogP) is 3.74. The number of sulfonamides is 1. The van der Waals surface area contributed by atoms with E-state index < -0.39 is 10.0 Å². The molecule has 0 aliphatic carbocycles. The van der Waals surface area contributed by atoms with E-state index in [1.807, 2.05) is 38.1 Å². The number of nitrogens with zero attached hydrogens (tertiary/aromatic N) is 1. The highest BCUT2D eigenvalue weighted by Crippen LogP contribution is 2.16. The van der Waals surface area contributed by atoms with Crippen LogP contribution in [0.3, 0.4) is 0 Å². The van der Waals surface area contributed by atoms with E-state index in [1.54, 1.807) is 30.3 Å². The van der Waals surface area contributed by atoms with Crippen molar-refractivity contribution in [2.75, 3.05) is 19.6 Å². The highest BCUT2D eigenvalue weighted by Gasteiger charge is 2.20. The van der Waals surface area contributed by atoms with Crippen LogP contribution < -0.4 is 5.32 Å². The molecule has 2 aromatic rings. The summed E-state index contributed by atoms with van der Waals surface area (Å²) in [6, 6.07) is 14.0. The number of nitrogens with one attached hydrogen (secondary N) is 1. The summed E-state index contributed by atoms with van der Waals surface area (Å²) >= 11 is 5.94. The number of halogens is 1. The van der Waals surface area contributed by atoms with Crippen LogP contribution in [0.15, 0.2) is 59.5 Å². The minimum absolute atomic E-state index is 0.207. The van der Waals surface area contributed by atoms with Gasteiger partial charge in [0.25, 0.3) is 0 Å². The number of hydrogen-bond acceptors (Lipinski definition) is 3. The Labute approximate surface area is 172 Å². The minimum atomic E-state index is -3.47. The lowest BCUT2D eigenvalue weighted by molar-refractivity contribution is -0.116. The summed E-state index contributed by atoms with van der Waals surface area (Å²) in [4.78, 5) is 12.2.